The van der Waals surface area contributed by atoms with Gasteiger partial charge in [-0.3, -0.25) is 0 Å². The molecule has 0 aliphatic rings. The second-order valence-electron chi connectivity index (χ2n) is 7.61. The fraction of sp³-hybridized carbons (Fsp3) is 0.160. The van der Waals surface area contributed by atoms with Gasteiger partial charge in [-0.05, 0) is 68.8 Å². The number of fused-ring (bicyclic) bond motifs is 3. The number of ether oxygens (including phenoxy) is 1. The maximum atomic E-state index is 5.33. The Morgan fingerprint density at radius 1 is 0.833 bits per heavy atom. The number of benzene rings is 2. The van der Waals surface area contributed by atoms with E-state index in [2.05, 4.69) is 89.9 Å². The summed E-state index contributed by atoms with van der Waals surface area (Å²) in [6, 6.07) is 18.8. The molecule has 0 bridgehead atoms. The van der Waals surface area contributed by atoms with Crippen molar-refractivity contribution in [2.75, 3.05) is 7.11 Å². The monoisotopic (exact) mass is 459 g/mol. The molecule has 3 aromatic heterocycles. The van der Waals surface area contributed by atoms with Crippen LogP contribution in [0.15, 0.2) is 65.3 Å². The lowest BCUT2D eigenvalue weighted by Gasteiger charge is -2.10. The molecule has 0 saturated heterocycles. The van der Waals surface area contributed by atoms with Gasteiger partial charge in [0.2, 0.25) is 0 Å². The summed E-state index contributed by atoms with van der Waals surface area (Å²) in [6.07, 6.45) is 2.12. The first-order chi connectivity index (χ1) is 14.5. The quantitative estimate of drug-likeness (QED) is 0.302. The van der Waals surface area contributed by atoms with Crippen LogP contribution in [0.4, 0.5) is 0 Å². The second-order valence-corrected chi connectivity index (χ2v) is 8.52. The van der Waals surface area contributed by atoms with Crippen LogP contribution in [0.2, 0.25) is 0 Å². The number of aryl methyl sites for hydroxylation is 3. The van der Waals surface area contributed by atoms with Gasteiger partial charge in [0.05, 0.1) is 18.3 Å². The lowest BCUT2D eigenvalue weighted by atomic mass is 10.1. The molecular weight excluding hydrogens is 438 g/mol. The van der Waals surface area contributed by atoms with E-state index in [0.29, 0.717) is 0 Å². The van der Waals surface area contributed by atoms with Gasteiger partial charge in [0.1, 0.15) is 5.75 Å². The molecule has 5 heteroatoms. The molecule has 0 unspecified atom stereocenters. The third-order valence-electron chi connectivity index (χ3n) is 5.83. The van der Waals surface area contributed by atoms with Crippen molar-refractivity contribution in [2.24, 2.45) is 0 Å². The summed E-state index contributed by atoms with van der Waals surface area (Å²) < 4.78 is 10.7. The molecule has 0 radical (unpaired) electrons. The van der Waals surface area contributed by atoms with E-state index in [1.165, 1.54) is 27.7 Å². The summed E-state index contributed by atoms with van der Waals surface area (Å²) in [6.45, 7) is 6.44. The first-order valence-corrected chi connectivity index (χ1v) is 10.7. The molecule has 30 heavy (non-hydrogen) atoms. The Morgan fingerprint density at radius 3 is 2.17 bits per heavy atom. The van der Waals surface area contributed by atoms with Crippen LogP contribution in [0, 0.1) is 20.8 Å². The van der Waals surface area contributed by atoms with Crippen LogP contribution < -0.4 is 4.74 Å². The summed E-state index contributed by atoms with van der Waals surface area (Å²) in [7, 11) is 1.69. The molecule has 0 spiro atoms. The first-order valence-electron chi connectivity index (χ1n) is 9.89. The smallest absolute Gasteiger partial charge is 0.119 e. The van der Waals surface area contributed by atoms with Crippen LogP contribution in [0.25, 0.3) is 33.1 Å². The number of halogens is 1. The third kappa shape index (κ3) is 2.84. The van der Waals surface area contributed by atoms with Crippen LogP contribution in [-0.4, -0.2) is 21.3 Å². The summed E-state index contributed by atoms with van der Waals surface area (Å²) in [5.74, 6) is 0.858. The Morgan fingerprint density at radius 2 is 1.50 bits per heavy atom. The highest BCUT2D eigenvalue weighted by Crippen LogP contribution is 2.35. The number of nitrogens with zero attached hydrogens (tertiary/aromatic N) is 3. The summed E-state index contributed by atoms with van der Waals surface area (Å²) in [5, 5.41) is 7.35. The molecule has 2 aromatic carbocycles. The van der Waals surface area contributed by atoms with Gasteiger partial charge in [0.15, 0.2) is 0 Å². The third-order valence-corrected chi connectivity index (χ3v) is 6.36. The molecule has 4 nitrogen and oxygen atoms in total. The van der Waals surface area contributed by atoms with Crippen molar-refractivity contribution in [3.8, 4) is 22.6 Å². The van der Waals surface area contributed by atoms with Gasteiger partial charge >= 0.3 is 0 Å². The number of hydrogen-bond donors (Lipinski definition) is 0. The highest BCUT2D eigenvalue weighted by Gasteiger charge is 2.19. The van der Waals surface area contributed by atoms with Crippen LogP contribution in [0.5, 0.6) is 5.75 Å². The molecule has 0 aliphatic carbocycles. The Hall–Kier alpha value is -3.05. The van der Waals surface area contributed by atoms with Gasteiger partial charge in [-0.1, -0.05) is 28.1 Å². The van der Waals surface area contributed by atoms with Crippen LogP contribution in [0.3, 0.4) is 0 Å². The van der Waals surface area contributed by atoms with E-state index in [1.54, 1.807) is 7.11 Å². The van der Waals surface area contributed by atoms with Crippen LogP contribution in [-0.2, 0) is 0 Å². The van der Waals surface area contributed by atoms with Gasteiger partial charge in [-0.25, -0.2) is 4.52 Å². The van der Waals surface area contributed by atoms with Gasteiger partial charge in [-0.15, -0.1) is 0 Å². The maximum absolute atomic E-state index is 5.33. The van der Waals surface area contributed by atoms with Gasteiger partial charge < -0.3 is 9.30 Å². The van der Waals surface area contributed by atoms with Crippen molar-refractivity contribution < 1.29 is 4.74 Å². The Kier molecular flexibility index (Phi) is 4.44. The molecule has 0 fully saturated rings. The molecule has 3 heterocycles. The Bertz CT molecular complexity index is 1390. The topological polar surface area (TPSA) is 31.5 Å². The fourth-order valence-electron chi connectivity index (χ4n) is 4.44. The van der Waals surface area contributed by atoms with Crippen molar-refractivity contribution in [1.82, 2.24) is 14.2 Å². The van der Waals surface area contributed by atoms with Gasteiger partial charge in [0.25, 0.3) is 0 Å². The zero-order valence-electron chi connectivity index (χ0n) is 17.4. The number of hydrogen-bond acceptors (Lipinski definition) is 2. The molecule has 0 amide bonds. The summed E-state index contributed by atoms with van der Waals surface area (Å²) in [5.41, 5.74) is 8.04. The maximum Gasteiger partial charge on any atom is 0.119 e. The van der Waals surface area contributed by atoms with Crippen LogP contribution in [0.1, 0.15) is 17.1 Å². The summed E-state index contributed by atoms with van der Waals surface area (Å²) in [4.78, 5) is 0. The van der Waals surface area contributed by atoms with Crippen LogP contribution >= 0.6 is 15.9 Å². The van der Waals surface area contributed by atoms with Gasteiger partial charge in [-0.2, -0.15) is 5.10 Å². The van der Waals surface area contributed by atoms with Crippen molar-refractivity contribution in [3.05, 3.63) is 82.3 Å². The largest absolute Gasteiger partial charge is 0.497 e. The van der Waals surface area contributed by atoms with E-state index in [4.69, 9.17) is 9.84 Å². The zero-order valence-corrected chi connectivity index (χ0v) is 19.0. The SMILES string of the molecule is COc1ccc(-n2c(C)c3c(C)nn4cc(-c5ccc(Br)cc5)cc4c3c2C)cc1. The molecule has 150 valence electrons. The van der Waals surface area contributed by atoms with E-state index in [-0.39, 0.29) is 0 Å². The van der Waals surface area contributed by atoms with E-state index < -0.39 is 0 Å². The number of methoxy groups -OCH3 is 1. The van der Waals surface area contributed by atoms with Gasteiger partial charge in [0, 0.05) is 44.1 Å². The molecule has 0 aliphatic heterocycles. The van der Waals surface area contributed by atoms with Crippen molar-refractivity contribution >= 4 is 32.2 Å². The molecule has 5 rings (SSSR count). The van der Waals surface area contributed by atoms with E-state index >= 15 is 0 Å². The Balaban J connectivity index is 1.78. The fourth-order valence-corrected chi connectivity index (χ4v) is 4.71. The van der Waals surface area contributed by atoms with E-state index in [9.17, 15) is 0 Å². The standard InChI is InChI=1S/C25H22BrN3O/c1-15-24-16(2)29(21-9-11-22(30-4)12-10-21)17(3)25(24)23-13-19(14-28(23)27-15)18-5-7-20(26)8-6-18/h5-14H,1-4H3. The predicted molar refractivity (Wildman–Crippen MR) is 126 cm³/mol. The lowest BCUT2D eigenvalue weighted by molar-refractivity contribution is 0.414. The average Bonchev–Trinajstić information content (AvgIpc) is 3.27. The lowest BCUT2D eigenvalue weighted by Crippen LogP contribution is -1.98. The second kappa shape index (κ2) is 7.03. The predicted octanol–water partition coefficient (Wildman–Crippen LogP) is 6.64. The van der Waals surface area contributed by atoms with E-state index in [0.717, 1.165) is 32.7 Å². The van der Waals surface area contributed by atoms with E-state index in [1.807, 2.05) is 16.6 Å². The highest BCUT2D eigenvalue weighted by atomic mass is 79.9. The van der Waals surface area contributed by atoms with Crippen molar-refractivity contribution in [2.45, 2.75) is 20.8 Å². The molecule has 0 atom stereocenters. The Labute approximate surface area is 183 Å². The minimum atomic E-state index is 0.858. The molecule has 0 saturated carbocycles. The summed E-state index contributed by atoms with van der Waals surface area (Å²) >= 11 is 3.52. The van der Waals surface area contributed by atoms with Crippen molar-refractivity contribution in [3.63, 3.8) is 0 Å². The molecule has 0 N–H and O–H groups in total. The zero-order chi connectivity index (χ0) is 21.0. The minimum absolute atomic E-state index is 0.858. The normalized spacial score (nSPS) is 11.5. The minimum Gasteiger partial charge on any atom is -0.497 e. The average molecular weight is 460 g/mol. The number of rotatable bonds is 3. The van der Waals surface area contributed by atoms with Crippen molar-refractivity contribution in [1.29, 1.82) is 0 Å². The highest BCUT2D eigenvalue weighted by molar-refractivity contribution is 9.10. The first kappa shape index (κ1) is 18.9. The molecule has 5 aromatic rings. The number of aromatic nitrogens is 3. The molecular formula is C25H22BrN3O.